The highest BCUT2D eigenvalue weighted by molar-refractivity contribution is 7.99. The van der Waals surface area contributed by atoms with Gasteiger partial charge in [-0.25, -0.2) is 4.98 Å². The maximum Gasteiger partial charge on any atom is 0.171 e. The van der Waals surface area contributed by atoms with Gasteiger partial charge in [0.25, 0.3) is 0 Å². The molecule has 0 bridgehead atoms. The fourth-order valence-corrected chi connectivity index (χ4v) is 3.13. The average Bonchev–Trinajstić information content (AvgIpc) is 2.89. The quantitative estimate of drug-likeness (QED) is 0.756. The van der Waals surface area contributed by atoms with Gasteiger partial charge in [-0.15, -0.1) is 0 Å². The minimum absolute atomic E-state index is 0.428. The number of aliphatic hydroxyl groups excluding tert-OH is 1. The molecule has 0 saturated carbocycles. The van der Waals surface area contributed by atoms with Gasteiger partial charge in [0.15, 0.2) is 5.16 Å². The number of imidazole rings is 1. The van der Waals surface area contributed by atoms with Crippen LogP contribution < -0.4 is 0 Å². The predicted octanol–water partition coefficient (Wildman–Crippen LogP) is 4.16. The van der Waals surface area contributed by atoms with Crippen LogP contribution in [0.15, 0.2) is 58.6 Å². The van der Waals surface area contributed by atoms with Gasteiger partial charge in [-0.3, -0.25) is 0 Å². The summed E-state index contributed by atoms with van der Waals surface area (Å²) in [6.45, 7) is 1.98. The van der Waals surface area contributed by atoms with Crippen molar-refractivity contribution < 1.29 is 5.11 Å². The molecule has 1 aromatic heterocycles. The fourth-order valence-electron chi connectivity index (χ4n) is 2.15. The van der Waals surface area contributed by atoms with E-state index >= 15 is 0 Å². The molecule has 2 N–H and O–H groups in total. The zero-order chi connectivity index (χ0) is 13.9. The molecule has 1 atom stereocenters. The van der Waals surface area contributed by atoms with E-state index in [1.807, 2.05) is 55.5 Å². The van der Waals surface area contributed by atoms with Crippen LogP contribution >= 0.6 is 11.8 Å². The van der Waals surface area contributed by atoms with Crippen molar-refractivity contribution in [2.45, 2.75) is 29.5 Å². The number of nitrogens with zero attached hydrogens (tertiary/aromatic N) is 1. The molecule has 0 radical (unpaired) electrons. The van der Waals surface area contributed by atoms with E-state index in [0.29, 0.717) is 6.42 Å². The third-order valence-electron chi connectivity index (χ3n) is 3.24. The maximum absolute atomic E-state index is 10.1. The first-order valence-electron chi connectivity index (χ1n) is 6.67. The summed E-state index contributed by atoms with van der Waals surface area (Å²) in [6, 6.07) is 15.9. The van der Waals surface area contributed by atoms with Crippen LogP contribution in [0.3, 0.4) is 0 Å². The van der Waals surface area contributed by atoms with E-state index in [1.54, 1.807) is 11.8 Å². The summed E-state index contributed by atoms with van der Waals surface area (Å²) in [6.07, 6.45) is 0.278. The van der Waals surface area contributed by atoms with E-state index < -0.39 is 6.10 Å². The highest BCUT2D eigenvalue weighted by Crippen LogP contribution is 2.33. The third-order valence-corrected chi connectivity index (χ3v) is 4.22. The highest BCUT2D eigenvalue weighted by atomic mass is 32.2. The average molecular weight is 284 g/mol. The van der Waals surface area contributed by atoms with Gasteiger partial charge in [0.05, 0.1) is 17.1 Å². The van der Waals surface area contributed by atoms with Gasteiger partial charge >= 0.3 is 0 Å². The molecular formula is C16H16N2OS. The van der Waals surface area contributed by atoms with E-state index in [4.69, 9.17) is 0 Å². The number of rotatable bonds is 4. The molecule has 0 fully saturated rings. The Morgan fingerprint density at radius 2 is 1.90 bits per heavy atom. The fraction of sp³-hybridized carbons (Fsp3) is 0.188. The van der Waals surface area contributed by atoms with Crippen molar-refractivity contribution in [2.75, 3.05) is 0 Å². The topological polar surface area (TPSA) is 48.9 Å². The van der Waals surface area contributed by atoms with E-state index in [0.717, 1.165) is 26.6 Å². The van der Waals surface area contributed by atoms with Crippen LogP contribution in [-0.2, 0) is 0 Å². The smallest absolute Gasteiger partial charge is 0.171 e. The molecule has 3 aromatic rings. The molecule has 0 aliphatic heterocycles. The van der Waals surface area contributed by atoms with Crippen molar-refractivity contribution in [2.24, 2.45) is 0 Å². The second-order valence-electron chi connectivity index (χ2n) is 4.62. The number of hydrogen-bond acceptors (Lipinski definition) is 3. The predicted molar refractivity (Wildman–Crippen MR) is 81.9 cm³/mol. The molecule has 0 spiro atoms. The summed E-state index contributed by atoms with van der Waals surface area (Å²) in [5.41, 5.74) is 2.95. The zero-order valence-corrected chi connectivity index (χ0v) is 12.0. The van der Waals surface area contributed by atoms with E-state index in [1.165, 1.54) is 0 Å². The lowest BCUT2D eigenvalue weighted by atomic mass is 10.1. The Labute approximate surface area is 122 Å². The van der Waals surface area contributed by atoms with Crippen LogP contribution in [0.4, 0.5) is 0 Å². The lowest BCUT2D eigenvalue weighted by molar-refractivity contribution is 0.171. The van der Waals surface area contributed by atoms with Crippen LogP contribution in [-0.4, -0.2) is 15.1 Å². The molecule has 102 valence electrons. The summed E-state index contributed by atoms with van der Waals surface area (Å²) in [5.74, 6) is 0. The number of nitrogens with one attached hydrogen (secondary N) is 1. The van der Waals surface area contributed by atoms with Crippen molar-refractivity contribution in [1.82, 2.24) is 9.97 Å². The van der Waals surface area contributed by atoms with Crippen molar-refractivity contribution in [3.8, 4) is 0 Å². The highest BCUT2D eigenvalue weighted by Gasteiger charge is 2.12. The second kappa shape index (κ2) is 5.69. The monoisotopic (exact) mass is 284 g/mol. The SMILES string of the molecule is CC[C@H](O)c1ccccc1Sc1nc2ccccc2[nH]1. The Balaban J connectivity index is 1.94. The molecule has 20 heavy (non-hydrogen) atoms. The lowest BCUT2D eigenvalue weighted by Gasteiger charge is -2.12. The summed E-state index contributed by atoms with van der Waals surface area (Å²) in [5, 5.41) is 10.9. The largest absolute Gasteiger partial charge is 0.388 e. The standard InChI is InChI=1S/C16H16N2OS/c1-2-14(19)11-7-3-6-10-15(11)20-16-17-12-8-4-5-9-13(12)18-16/h3-10,14,19H,2H2,1H3,(H,17,18)/t14-/m0/s1. The van der Waals surface area contributed by atoms with E-state index in [9.17, 15) is 5.11 Å². The van der Waals surface area contributed by atoms with E-state index in [2.05, 4.69) is 9.97 Å². The molecular weight excluding hydrogens is 268 g/mol. The van der Waals surface area contributed by atoms with Crippen LogP contribution in [0.5, 0.6) is 0 Å². The summed E-state index contributed by atoms with van der Waals surface area (Å²) < 4.78 is 0. The molecule has 3 nitrogen and oxygen atoms in total. The minimum Gasteiger partial charge on any atom is -0.388 e. The van der Waals surface area contributed by atoms with Gasteiger partial charge in [-0.2, -0.15) is 0 Å². The molecule has 0 amide bonds. The molecule has 0 aliphatic carbocycles. The van der Waals surface area contributed by atoms with E-state index in [-0.39, 0.29) is 0 Å². The summed E-state index contributed by atoms with van der Waals surface area (Å²) >= 11 is 1.56. The molecule has 0 aliphatic rings. The van der Waals surface area contributed by atoms with Crippen LogP contribution in [0, 0.1) is 0 Å². The number of benzene rings is 2. The molecule has 0 unspecified atom stereocenters. The Kier molecular flexibility index (Phi) is 3.76. The zero-order valence-electron chi connectivity index (χ0n) is 11.2. The maximum atomic E-state index is 10.1. The number of aromatic nitrogens is 2. The van der Waals surface area contributed by atoms with Crippen molar-refractivity contribution in [1.29, 1.82) is 0 Å². The Morgan fingerprint density at radius 1 is 1.15 bits per heavy atom. The summed E-state index contributed by atoms with van der Waals surface area (Å²) in [4.78, 5) is 8.90. The lowest BCUT2D eigenvalue weighted by Crippen LogP contribution is -1.97. The number of H-pyrrole nitrogens is 1. The number of aromatic amines is 1. The molecule has 3 rings (SSSR count). The van der Waals surface area contributed by atoms with Crippen LogP contribution in [0.1, 0.15) is 25.0 Å². The number of aliphatic hydroxyl groups is 1. The Hall–Kier alpha value is -1.78. The number of hydrogen-bond donors (Lipinski definition) is 2. The molecule has 4 heteroatoms. The normalized spacial score (nSPS) is 12.7. The van der Waals surface area contributed by atoms with Crippen molar-refractivity contribution in [3.05, 3.63) is 54.1 Å². The Morgan fingerprint density at radius 3 is 2.70 bits per heavy atom. The first-order chi connectivity index (χ1) is 9.78. The molecule has 0 saturated heterocycles. The van der Waals surface area contributed by atoms with Crippen molar-refractivity contribution >= 4 is 22.8 Å². The van der Waals surface area contributed by atoms with Crippen LogP contribution in [0.2, 0.25) is 0 Å². The second-order valence-corrected chi connectivity index (χ2v) is 5.65. The summed E-state index contributed by atoms with van der Waals surface area (Å²) in [7, 11) is 0. The van der Waals surface area contributed by atoms with Gasteiger partial charge in [0.2, 0.25) is 0 Å². The van der Waals surface area contributed by atoms with Gasteiger partial charge in [0, 0.05) is 4.90 Å². The molecule has 2 aromatic carbocycles. The minimum atomic E-state index is -0.428. The third kappa shape index (κ3) is 2.57. The van der Waals surface area contributed by atoms with Gasteiger partial charge in [-0.1, -0.05) is 49.0 Å². The number of fused-ring (bicyclic) bond motifs is 1. The van der Waals surface area contributed by atoms with Crippen LogP contribution in [0.25, 0.3) is 11.0 Å². The first-order valence-corrected chi connectivity index (χ1v) is 7.49. The van der Waals surface area contributed by atoms with Gasteiger partial charge < -0.3 is 10.1 Å². The molecule has 1 heterocycles. The first kappa shape index (κ1) is 13.2. The van der Waals surface area contributed by atoms with Crippen molar-refractivity contribution in [3.63, 3.8) is 0 Å². The van der Waals surface area contributed by atoms with Gasteiger partial charge in [-0.05, 0) is 30.2 Å². The number of para-hydroxylation sites is 2. The van der Waals surface area contributed by atoms with Gasteiger partial charge in [0.1, 0.15) is 0 Å². The Bertz CT molecular complexity index is 690.